The minimum absolute atomic E-state index is 0.00169. The summed E-state index contributed by atoms with van der Waals surface area (Å²) in [6.45, 7) is 31.5. The lowest BCUT2D eigenvalue weighted by atomic mass is 9.79. The zero-order chi connectivity index (χ0) is 33.3. The summed E-state index contributed by atoms with van der Waals surface area (Å²) in [4.78, 5) is 26.0. The highest BCUT2D eigenvalue weighted by Gasteiger charge is 2.32. The van der Waals surface area contributed by atoms with Crippen molar-refractivity contribution in [3.05, 3.63) is 46.5 Å². The molecule has 2 aromatic carbocycles. The molecule has 0 heterocycles. The molecule has 0 aromatic heterocycles. The Morgan fingerprint density at radius 2 is 1.02 bits per heavy atom. The molecule has 43 heavy (non-hydrogen) atoms. The van der Waals surface area contributed by atoms with E-state index in [2.05, 4.69) is 127 Å². The molecule has 0 spiro atoms. The third kappa shape index (κ3) is 10.5. The van der Waals surface area contributed by atoms with Gasteiger partial charge in [0.1, 0.15) is 17.3 Å². The lowest BCUT2D eigenvalue weighted by molar-refractivity contribution is -0.125. The van der Waals surface area contributed by atoms with Crippen LogP contribution in [0.4, 0.5) is 0 Å². The van der Waals surface area contributed by atoms with Gasteiger partial charge in [-0.2, -0.15) is 0 Å². The Morgan fingerprint density at radius 1 is 0.674 bits per heavy atom. The van der Waals surface area contributed by atoms with Crippen LogP contribution in [0, 0.1) is 0 Å². The maximum Gasteiger partial charge on any atom is 0.258 e. The van der Waals surface area contributed by atoms with Gasteiger partial charge in [0.25, 0.3) is 5.91 Å². The number of rotatable bonds is 9. The Balaban J connectivity index is 2.56. The molecule has 0 saturated heterocycles. The lowest BCUT2D eigenvalue weighted by Gasteiger charge is -2.32. The fraction of sp³-hybridized carbons (Fsp3) is 0.611. The summed E-state index contributed by atoms with van der Waals surface area (Å²) in [6.07, 6.45) is 0. The van der Waals surface area contributed by atoms with Crippen LogP contribution in [0.3, 0.4) is 0 Å². The van der Waals surface area contributed by atoms with Crippen LogP contribution in [-0.2, 0) is 31.2 Å². The average molecular weight is 630 g/mol. The van der Waals surface area contributed by atoms with Crippen molar-refractivity contribution in [3.8, 4) is 11.5 Å². The molecule has 0 fully saturated rings. The predicted molar refractivity (Wildman–Crippen MR) is 184 cm³/mol. The fourth-order valence-corrected chi connectivity index (χ4v) is 7.33. The van der Waals surface area contributed by atoms with Crippen molar-refractivity contribution in [1.82, 2.24) is 5.32 Å². The molecule has 0 unspecified atom stereocenters. The molecule has 0 atom stereocenters. The van der Waals surface area contributed by atoms with E-state index >= 15 is 0 Å². The third-order valence-electron chi connectivity index (χ3n) is 6.99. The van der Waals surface area contributed by atoms with E-state index in [9.17, 15) is 14.7 Å². The number of benzene rings is 2. The minimum Gasteiger partial charge on any atom is -0.507 e. The van der Waals surface area contributed by atoms with Crippen molar-refractivity contribution in [1.29, 1.82) is 0 Å². The first kappa shape index (κ1) is 37.1. The van der Waals surface area contributed by atoms with Crippen LogP contribution in [-0.4, -0.2) is 34.0 Å². The third-order valence-corrected chi connectivity index (χ3v) is 9.41. The second-order valence-electron chi connectivity index (χ2n) is 16.1. The van der Waals surface area contributed by atoms with Crippen molar-refractivity contribution in [3.63, 3.8) is 0 Å². The van der Waals surface area contributed by atoms with Gasteiger partial charge in [0, 0.05) is 32.0 Å². The van der Waals surface area contributed by atoms with Gasteiger partial charge in [-0.05, 0) is 66.7 Å². The Morgan fingerprint density at radius 3 is 1.35 bits per heavy atom. The predicted octanol–water partition coefficient (Wildman–Crippen LogP) is 9.29. The molecule has 0 bridgehead atoms. The van der Waals surface area contributed by atoms with Gasteiger partial charge < -0.3 is 15.2 Å². The zero-order valence-corrected chi connectivity index (χ0v) is 30.8. The first-order valence-electron chi connectivity index (χ1n) is 15.1. The minimum atomic E-state index is -0.316. The number of aromatic hydroxyl groups is 1. The lowest BCUT2D eigenvalue weighted by Crippen LogP contribution is -2.33. The van der Waals surface area contributed by atoms with Crippen LogP contribution in [0.15, 0.2) is 34.1 Å². The average Bonchev–Trinajstić information content (AvgIpc) is 2.79. The number of hydrogen-bond acceptors (Lipinski definition) is 6. The Kier molecular flexibility index (Phi) is 11.3. The van der Waals surface area contributed by atoms with Crippen LogP contribution in [0.2, 0.25) is 0 Å². The molecule has 0 aliphatic rings. The fourth-order valence-electron chi connectivity index (χ4n) is 4.74. The number of carbonyl (C=O) groups is 2. The van der Waals surface area contributed by atoms with E-state index in [0.29, 0.717) is 5.75 Å². The van der Waals surface area contributed by atoms with E-state index in [1.807, 2.05) is 0 Å². The molecule has 0 aliphatic heterocycles. The maximum atomic E-state index is 12.5. The Labute approximate surface area is 269 Å². The normalized spacial score (nSPS) is 13.2. The Hall–Kier alpha value is -2.12. The molecule has 0 saturated carbocycles. The molecule has 5 nitrogen and oxygen atoms in total. The van der Waals surface area contributed by atoms with Gasteiger partial charge in [-0.1, -0.05) is 83.1 Å². The Bertz CT molecular complexity index is 1260. The van der Waals surface area contributed by atoms with Gasteiger partial charge >= 0.3 is 0 Å². The van der Waals surface area contributed by atoms with Crippen LogP contribution < -0.4 is 10.1 Å². The van der Waals surface area contributed by atoms with Gasteiger partial charge in [0.05, 0.1) is 10.6 Å². The van der Waals surface area contributed by atoms with Crippen molar-refractivity contribution < 1.29 is 19.4 Å². The quantitative estimate of drug-likeness (QED) is 0.213. The van der Waals surface area contributed by atoms with E-state index in [-0.39, 0.29) is 50.6 Å². The van der Waals surface area contributed by atoms with Gasteiger partial charge in [-0.3, -0.25) is 9.59 Å². The van der Waals surface area contributed by atoms with Crippen molar-refractivity contribution in [2.45, 2.75) is 139 Å². The van der Waals surface area contributed by atoms with E-state index in [1.54, 1.807) is 23.5 Å². The first-order valence-corrected chi connectivity index (χ1v) is 16.7. The van der Waals surface area contributed by atoms with E-state index in [0.717, 1.165) is 37.8 Å². The number of hydrogen-bond donors (Lipinski definition) is 2. The second kappa shape index (κ2) is 13.1. The molecule has 2 rings (SSSR count). The monoisotopic (exact) mass is 629 g/mol. The standard InChI is InChI=1S/C36H55NO4S2/c1-22(38)20-37-29(39)21-41-31-27(34(8,9)10)18-24(19-28(31)35(11,12)13)43-36(14,15)42-23-16-25(32(2,3)4)30(40)26(17-23)33(5,6)7/h16-19,40H,20-21H2,1-15H3,(H,37,39). The summed E-state index contributed by atoms with van der Waals surface area (Å²) < 4.78 is 6.00. The molecule has 1 amide bonds. The van der Waals surface area contributed by atoms with Gasteiger partial charge in [0.15, 0.2) is 6.61 Å². The summed E-state index contributed by atoms with van der Waals surface area (Å²) in [5.41, 5.74) is 3.14. The van der Waals surface area contributed by atoms with E-state index in [1.165, 1.54) is 6.92 Å². The molecule has 0 aliphatic carbocycles. The van der Waals surface area contributed by atoms with Crippen LogP contribution in [0.1, 0.15) is 126 Å². The summed E-state index contributed by atoms with van der Waals surface area (Å²) in [5, 5.41) is 13.9. The number of ether oxygens (including phenoxy) is 1. The molecule has 7 heteroatoms. The number of carbonyl (C=O) groups excluding carboxylic acids is 2. The smallest absolute Gasteiger partial charge is 0.258 e. The molecule has 2 aromatic rings. The SMILES string of the molecule is CC(=O)CNC(=O)COc1c(C(C)(C)C)cc(SC(C)(C)Sc2cc(C(C)(C)C)c(O)c(C(C)(C)C)c2)cc1C(C)(C)C. The van der Waals surface area contributed by atoms with Crippen molar-refractivity contribution >= 4 is 35.2 Å². The van der Waals surface area contributed by atoms with Gasteiger partial charge in [0.2, 0.25) is 0 Å². The molecule has 0 radical (unpaired) electrons. The summed E-state index contributed by atoms with van der Waals surface area (Å²) in [5.74, 6) is 0.711. The molecule has 240 valence electrons. The number of thioether (sulfide) groups is 2. The summed E-state index contributed by atoms with van der Waals surface area (Å²) in [7, 11) is 0. The molecular weight excluding hydrogens is 575 g/mol. The van der Waals surface area contributed by atoms with Crippen LogP contribution >= 0.6 is 23.5 Å². The number of phenolic OH excluding ortho intramolecular Hbond substituents is 1. The summed E-state index contributed by atoms with van der Waals surface area (Å²) >= 11 is 3.61. The van der Waals surface area contributed by atoms with Crippen LogP contribution in [0.25, 0.3) is 0 Å². The molecular formula is C36H55NO4S2. The van der Waals surface area contributed by atoms with Gasteiger partial charge in [-0.15, -0.1) is 23.5 Å². The number of phenols is 1. The number of amides is 1. The van der Waals surface area contributed by atoms with E-state index < -0.39 is 0 Å². The topological polar surface area (TPSA) is 75.6 Å². The van der Waals surface area contributed by atoms with Crippen molar-refractivity contribution in [2.75, 3.05) is 13.2 Å². The van der Waals surface area contributed by atoms with Crippen molar-refractivity contribution in [2.24, 2.45) is 0 Å². The number of Topliss-reactive ketones (excluding diaryl/α,β-unsaturated/α-hetero) is 1. The van der Waals surface area contributed by atoms with Gasteiger partial charge in [-0.25, -0.2) is 0 Å². The highest BCUT2D eigenvalue weighted by atomic mass is 32.2. The van der Waals surface area contributed by atoms with E-state index in [4.69, 9.17) is 4.74 Å². The zero-order valence-electron chi connectivity index (χ0n) is 29.2. The highest BCUT2D eigenvalue weighted by Crippen LogP contribution is 2.51. The molecule has 2 N–H and O–H groups in total. The largest absolute Gasteiger partial charge is 0.507 e. The number of nitrogens with one attached hydrogen (secondary N) is 1. The summed E-state index contributed by atoms with van der Waals surface area (Å²) in [6, 6.07) is 8.69. The second-order valence-corrected chi connectivity index (χ2v) is 19.7. The highest BCUT2D eigenvalue weighted by molar-refractivity contribution is 8.18. The van der Waals surface area contributed by atoms with Crippen LogP contribution in [0.5, 0.6) is 11.5 Å². The first-order chi connectivity index (χ1) is 19.2. The number of ketones is 1. The maximum absolute atomic E-state index is 12.5.